The lowest BCUT2D eigenvalue weighted by Gasteiger charge is -2.36. The monoisotopic (exact) mass is 384 g/mol. The molecule has 26 heavy (non-hydrogen) atoms. The molecule has 2 rings (SSSR count). The Bertz CT molecular complexity index is 762. The fourth-order valence-corrected chi connectivity index (χ4v) is 4.45. The Balaban J connectivity index is 2.02. The molecule has 1 saturated heterocycles. The van der Waals surface area contributed by atoms with E-state index in [0.29, 0.717) is 24.4 Å². The highest BCUT2D eigenvalue weighted by Gasteiger charge is 2.50. The number of carbonyl (C=O) groups excluding carboxylic acids is 2. The SMILES string of the molecule is CCOC(=O)COc1ccc(NC(=O)[C@]2(C)CCCN(C)S2(=O)=O)cc1. The summed E-state index contributed by atoms with van der Waals surface area (Å²) >= 11 is 0. The molecule has 1 aromatic carbocycles. The average molecular weight is 384 g/mol. The minimum atomic E-state index is -3.71. The number of sulfonamides is 1. The summed E-state index contributed by atoms with van der Waals surface area (Å²) in [6, 6.07) is 6.33. The first kappa shape index (κ1) is 20.2. The summed E-state index contributed by atoms with van der Waals surface area (Å²) in [5, 5.41) is 2.65. The van der Waals surface area contributed by atoms with Crippen molar-refractivity contribution in [2.75, 3.05) is 32.1 Å². The van der Waals surface area contributed by atoms with Crippen LogP contribution < -0.4 is 10.1 Å². The van der Waals surface area contributed by atoms with Crippen LogP contribution in [0.15, 0.2) is 24.3 Å². The second kappa shape index (κ2) is 8.05. The fraction of sp³-hybridized carbons (Fsp3) is 0.529. The van der Waals surface area contributed by atoms with Crippen LogP contribution in [0.25, 0.3) is 0 Å². The first-order valence-electron chi connectivity index (χ1n) is 8.36. The summed E-state index contributed by atoms with van der Waals surface area (Å²) in [5.74, 6) is -0.596. The fourth-order valence-electron chi connectivity index (χ4n) is 2.71. The Kier molecular flexibility index (Phi) is 6.25. The summed E-state index contributed by atoms with van der Waals surface area (Å²) in [6.45, 7) is 3.65. The number of benzene rings is 1. The minimum absolute atomic E-state index is 0.206. The van der Waals surface area contributed by atoms with Crippen molar-refractivity contribution in [3.05, 3.63) is 24.3 Å². The van der Waals surface area contributed by atoms with E-state index < -0.39 is 26.6 Å². The average Bonchev–Trinajstić information content (AvgIpc) is 2.59. The van der Waals surface area contributed by atoms with Gasteiger partial charge in [-0.25, -0.2) is 17.5 Å². The van der Waals surface area contributed by atoms with Crippen molar-refractivity contribution in [2.24, 2.45) is 0 Å². The molecule has 1 aromatic rings. The van der Waals surface area contributed by atoms with Crippen molar-refractivity contribution in [2.45, 2.75) is 31.4 Å². The first-order chi connectivity index (χ1) is 12.2. The minimum Gasteiger partial charge on any atom is -0.482 e. The van der Waals surface area contributed by atoms with Gasteiger partial charge in [-0.1, -0.05) is 0 Å². The van der Waals surface area contributed by atoms with E-state index in [9.17, 15) is 18.0 Å². The van der Waals surface area contributed by atoms with E-state index in [-0.39, 0.29) is 19.6 Å². The van der Waals surface area contributed by atoms with E-state index >= 15 is 0 Å². The number of hydrogen-bond acceptors (Lipinski definition) is 6. The highest BCUT2D eigenvalue weighted by Crippen LogP contribution is 2.32. The Morgan fingerprint density at radius 2 is 1.92 bits per heavy atom. The van der Waals surface area contributed by atoms with Crippen LogP contribution in [0.3, 0.4) is 0 Å². The van der Waals surface area contributed by atoms with Gasteiger partial charge in [-0.15, -0.1) is 0 Å². The lowest BCUT2D eigenvalue weighted by molar-refractivity contribution is -0.145. The van der Waals surface area contributed by atoms with E-state index in [1.807, 2.05) is 0 Å². The summed E-state index contributed by atoms with van der Waals surface area (Å²) in [7, 11) is -2.23. The van der Waals surface area contributed by atoms with Crippen LogP contribution in [-0.2, 0) is 24.3 Å². The van der Waals surface area contributed by atoms with Gasteiger partial charge in [0.15, 0.2) is 11.4 Å². The summed E-state index contributed by atoms with van der Waals surface area (Å²) in [4.78, 5) is 23.9. The van der Waals surface area contributed by atoms with Crippen LogP contribution in [-0.4, -0.2) is 56.2 Å². The largest absolute Gasteiger partial charge is 0.482 e. The van der Waals surface area contributed by atoms with Gasteiger partial charge in [0.2, 0.25) is 15.9 Å². The zero-order valence-corrected chi connectivity index (χ0v) is 16.0. The van der Waals surface area contributed by atoms with Gasteiger partial charge < -0.3 is 14.8 Å². The van der Waals surface area contributed by atoms with Gasteiger partial charge in [0.05, 0.1) is 6.61 Å². The zero-order valence-electron chi connectivity index (χ0n) is 15.1. The molecule has 0 bridgehead atoms. The number of carbonyl (C=O) groups is 2. The van der Waals surface area contributed by atoms with Gasteiger partial charge in [0, 0.05) is 19.3 Å². The molecule has 1 aliphatic rings. The first-order valence-corrected chi connectivity index (χ1v) is 9.80. The van der Waals surface area contributed by atoms with Crippen molar-refractivity contribution < 1.29 is 27.5 Å². The summed E-state index contributed by atoms with van der Waals surface area (Å²) in [6.07, 6.45) is 0.895. The number of nitrogens with zero attached hydrogens (tertiary/aromatic N) is 1. The quantitative estimate of drug-likeness (QED) is 0.744. The van der Waals surface area contributed by atoms with Crippen LogP contribution >= 0.6 is 0 Å². The van der Waals surface area contributed by atoms with Crippen LogP contribution in [0.4, 0.5) is 5.69 Å². The Labute approximate surface area is 153 Å². The second-order valence-electron chi connectivity index (χ2n) is 6.23. The van der Waals surface area contributed by atoms with Crippen LogP contribution in [0.5, 0.6) is 5.75 Å². The van der Waals surface area contributed by atoms with E-state index in [4.69, 9.17) is 9.47 Å². The highest BCUT2D eigenvalue weighted by atomic mass is 32.2. The third-order valence-corrected chi connectivity index (χ3v) is 6.89. The molecule has 0 unspecified atom stereocenters. The molecule has 0 radical (unpaired) electrons. The standard InChI is InChI=1S/C17H24N2O6S/c1-4-24-15(20)12-25-14-8-6-13(7-9-14)18-16(21)17(2)10-5-11-19(3)26(17,22)23/h6-9H,4-5,10-12H2,1-3H3,(H,18,21)/t17-/m0/s1. The van der Waals surface area contributed by atoms with Gasteiger partial charge >= 0.3 is 5.97 Å². The molecule has 144 valence electrons. The van der Waals surface area contributed by atoms with Crippen molar-refractivity contribution in [1.82, 2.24) is 4.31 Å². The van der Waals surface area contributed by atoms with E-state index in [2.05, 4.69) is 5.32 Å². The number of ether oxygens (including phenoxy) is 2. The maximum atomic E-state index is 12.6. The summed E-state index contributed by atoms with van der Waals surface area (Å²) in [5.41, 5.74) is 0.447. The van der Waals surface area contributed by atoms with Gasteiger partial charge in [-0.05, 0) is 51.0 Å². The van der Waals surface area contributed by atoms with E-state index in [1.54, 1.807) is 31.2 Å². The van der Waals surface area contributed by atoms with Crippen LogP contribution in [0.2, 0.25) is 0 Å². The molecule has 9 heteroatoms. The predicted molar refractivity (Wildman–Crippen MR) is 96.4 cm³/mol. The molecule has 0 spiro atoms. The molecule has 8 nitrogen and oxygen atoms in total. The maximum absolute atomic E-state index is 12.6. The molecule has 1 atom stereocenters. The molecule has 1 fully saturated rings. The topological polar surface area (TPSA) is 102 Å². The van der Waals surface area contributed by atoms with Crippen LogP contribution in [0, 0.1) is 0 Å². The predicted octanol–water partition coefficient (Wildman–Crippen LogP) is 1.38. The molecule has 1 N–H and O–H groups in total. The lowest BCUT2D eigenvalue weighted by Crippen LogP contribution is -2.56. The van der Waals surface area contributed by atoms with Crippen molar-refractivity contribution in [3.8, 4) is 5.75 Å². The third kappa shape index (κ3) is 4.16. The second-order valence-corrected chi connectivity index (χ2v) is 8.71. The molecule has 1 heterocycles. The third-order valence-electron chi connectivity index (χ3n) is 4.36. The van der Waals surface area contributed by atoms with Gasteiger partial charge in [0.25, 0.3) is 0 Å². The lowest BCUT2D eigenvalue weighted by atomic mass is 10.0. The van der Waals surface area contributed by atoms with Crippen molar-refractivity contribution >= 4 is 27.6 Å². The van der Waals surface area contributed by atoms with Crippen molar-refractivity contribution in [3.63, 3.8) is 0 Å². The molecule has 1 aliphatic heterocycles. The molecule has 0 aromatic heterocycles. The number of amides is 1. The number of nitrogens with one attached hydrogen (secondary N) is 1. The van der Waals surface area contributed by atoms with Crippen LogP contribution in [0.1, 0.15) is 26.7 Å². The number of anilines is 1. The Hall–Kier alpha value is -2.13. The molecule has 1 amide bonds. The van der Waals surface area contributed by atoms with Gasteiger partial charge in [-0.3, -0.25) is 4.79 Å². The maximum Gasteiger partial charge on any atom is 0.344 e. The number of esters is 1. The smallest absolute Gasteiger partial charge is 0.344 e. The number of rotatable bonds is 6. The van der Waals surface area contributed by atoms with E-state index in [1.165, 1.54) is 18.3 Å². The molecule has 0 aliphatic carbocycles. The highest BCUT2D eigenvalue weighted by molar-refractivity contribution is 7.91. The molecular formula is C17H24N2O6S. The van der Waals surface area contributed by atoms with Crippen molar-refractivity contribution in [1.29, 1.82) is 0 Å². The van der Waals surface area contributed by atoms with Gasteiger partial charge in [-0.2, -0.15) is 0 Å². The zero-order chi connectivity index (χ0) is 19.4. The summed E-state index contributed by atoms with van der Waals surface area (Å²) < 4.78 is 34.8. The Morgan fingerprint density at radius 1 is 1.27 bits per heavy atom. The normalized spacial score (nSPS) is 22.4. The number of hydrogen-bond donors (Lipinski definition) is 1. The Morgan fingerprint density at radius 3 is 2.54 bits per heavy atom. The van der Waals surface area contributed by atoms with Gasteiger partial charge in [0.1, 0.15) is 5.75 Å². The molecule has 0 saturated carbocycles. The van der Waals surface area contributed by atoms with E-state index in [0.717, 1.165) is 0 Å². The molecular weight excluding hydrogens is 360 g/mol.